The van der Waals surface area contributed by atoms with Crippen molar-refractivity contribution in [3.63, 3.8) is 0 Å². The molecule has 0 atom stereocenters. The Labute approximate surface area is 83.1 Å². The van der Waals surface area contributed by atoms with Gasteiger partial charge < -0.3 is 0 Å². The van der Waals surface area contributed by atoms with E-state index in [0.29, 0.717) is 5.56 Å². The summed E-state index contributed by atoms with van der Waals surface area (Å²) in [6.07, 6.45) is 3.96. The Morgan fingerprint density at radius 3 is 3.00 bits per heavy atom. The number of nitrogens with zero attached hydrogens (tertiary/aromatic N) is 2. The van der Waals surface area contributed by atoms with E-state index in [1.54, 1.807) is 18.3 Å². The summed E-state index contributed by atoms with van der Waals surface area (Å²) in [7, 11) is 0. The van der Waals surface area contributed by atoms with Crippen LogP contribution in [-0.4, -0.2) is 16.6 Å². The number of hydrogen-bond acceptors (Lipinski definition) is 3. The largest absolute Gasteiger partial charge is 0.272 e. The quantitative estimate of drug-likeness (QED) is 0.582. The molecular formula is C10H13N3O. The third-order valence-electron chi connectivity index (χ3n) is 1.78. The Hall–Kier alpha value is -1.71. The van der Waals surface area contributed by atoms with Crippen molar-refractivity contribution in [3.8, 4) is 0 Å². The van der Waals surface area contributed by atoms with Gasteiger partial charge in [-0.05, 0) is 25.5 Å². The molecule has 74 valence electrons. The average Bonchev–Trinajstić information content (AvgIpc) is 2.26. The zero-order chi connectivity index (χ0) is 10.4. The maximum absolute atomic E-state index is 11.4. The number of aromatic nitrogens is 1. The summed E-state index contributed by atoms with van der Waals surface area (Å²) in [6, 6.07) is 3.41. The van der Waals surface area contributed by atoms with Crippen LogP contribution >= 0.6 is 0 Å². The summed E-state index contributed by atoms with van der Waals surface area (Å²) in [5, 5.41) is 3.91. The standard InChI is InChI=1S/C10H13N3O/c1-3-8(2)12-13-10(14)9-5-4-6-11-7-9/h4-7H,3H2,1-2H3,(H,13,14). The zero-order valence-electron chi connectivity index (χ0n) is 8.32. The second-order valence-corrected chi connectivity index (χ2v) is 2.88. The number of nitrogens with one attached hydrogen (secondary N) is 1. The second kappa shape index (κ2) is 5.11. The lowest BCUT2D eigenvalue weighted by Crippen LogP contribution is -2.18. The van der Waals surface area contributed by atoms with Crippen molar-refractivity contribution < 1.29 is 4.79 Å². The highest BCUT2D eigenvalue weighted by Gasteiger charge is 2.02. The smallest absolute Gasteiger partial charge is 0.267 e. The van der Waals surface area contributed by atoms with Gasteiger partial charge in [0.05, 0.1) is 5.56 Å². The lowest BCUT2D eigenvalue weighted by atomic mass is 10.3. The average molecular weight is 191 g/mol. The minimum Gasteiger partial charge on any atom is -0.267 e. The zero-order valence-corrected chi connectivity index (χ0v) is 8.32. The molecule has 0 aliphatic carbocycles. The topological polar surface area (TPSA) is 54.4 Å². The van der Waals surface area contributed by atoms with Gasteiger partial charge in [-0.25, -0.2) is 5.43 Å². The van der Waals surface area contributed by atoms with Crippen LogP contribution < -0.4 is 5.43 Å². The van der Waals surface area contributed by atoms with Crippen LogP contribution in [0.15, 0.2) is 29.6 Å². The summed E-state index contributed by atoms with van der Waals surface area (Å²) in [5.74, 6) is -0.231. The predicted octanol–water partition coefficient (Wildman–Crippen LogP) is 1.60. The van der Waals surface area contributed by atoms with Crippen LogP contribution in [0.1, 0.15) is 30.6 Å². The minimum absolute atomic E-state index is 0.231. The maximum atomic E-state index is 11.4. The Kier molecular flexibility index (Phi) is 3.79. The SMILES string of the molecule is CCC(C)=NNC(=O)c1cccnc1. The molecule has 1 N–H and O–H groups in total. The van der Waals surface area contributed by atoms with Crippen molar-refractivity contribution in [2.24, 2.45) is 5.10 Å². The highest BCUT2D eigenvalue weighted by Crippen LogP contribution is 1.94. The van der Waals surface area contributed by atoms with Crippen LogP contribution in [0.3, 0.4) is 0 Å². The van der Waals surface area contributed by atoms with Gasteiger partial charge in [0.15, 0.2) is 0 Å². The molecule has 0 fully saturated rings. The Morgan fingerprint density at radius 2 is 2.43 bits per heavy atom. The van der Waals surface area contributed by atoms with Gasteiger partial charge in [-0.15, -0.1) is 0 Å². The van der Waals surface area contributed by atoms with Crippen LogP contribution in [0, 0.1) is 0 Å². The van der Waals surface area contributed by atoms with Crippen molar-refractivity contribution in [3.05, 3.63) is 30.1 Å². The summed E-state index contributed by atoms with van der Waals surface area (Å²) in [6.45, 7) is 3.85. The molecule has 0 unspecified atom stereocenters. The first-order valence-electron chi connectivity index (χ1n) is 4.47. The van der Waals surface area contributed by atoms with E-state index < -0.39 is 0 Å². The first-order valence-corrected chi connectivity index (χ1v) is 4.47. The number of hydrazone groups is 1. The molecule has 0 aliphatic rings. The van der Waals surface area contributed by atoms with E-state index >= 15 is 0 Å². The van der Waals surface area contributed by atoms with Crippen molar-refractivity contribution in [2.45, 2.75) is 20.3 Å². The van der Waals surface area contributed by atoms with E-state index in [4.69, 9.17) is 0 Å². The molecule has 0 bridgehead atoms. The Balaban J connectivity index is 2.60. The van der Waals surface area contributed by atoms with E-state index in [1.807, 2.05) is 13.8 Å². The second-order valence-electron chi connectivity index (χ2n) is 2.88. The van der Waals surface area contributed by atoms with Crippen LogP contribution in [0.5, 0.6) is 0 Å². The molecule has 0 saturated carbocycles. The summed E-state index contributed by atoms with van der Waals surface area (Å²) in [4.78, 5) is 15.3. The lowest BCUT2D eigenvalue weighted by molar-refractivity contribution is 0.0954. The molecule has 0 radical (unpaired) electrons. The van der Waals surface area contributed by atoms with E-state index in [1.165, 1.54) is 6.20 Å². The Bertz CT molecular complexity index is 332. The van der Waals surface area contributed by atoms with E-state index in [9.17, 15) is 4.79 Å². The van der Waals surface area contributed by atoms with Crippen LogP contribution in [0.4, 0.5) is 0 Å². The van der Waals surface area contributed by atoms with Crippen LogP contribution in [-0.2, 0) is 0 Å². The molecule has 0 spiro atoms. The van der Waals surface area contributed by atoms with Gasteiger partial charge in [0.2, 0.25) is 0 Å². The number of hydrogen-bond donors (Lipinski definition) is 1. The molecule has 14 heavy (non-hydrogen) atoms. The van der Waals surface area contributed by atoms with Gasteiger partial charge in [-0.3, -0.25) is 9.78 Å². The fourth-order valence-corrected chi connectivity index (χ4v) is 0.787. The van der Waals surface area contributed by atoms with Crippen molar-refractivity contribution >= 4 is 11.6 Å². The van der Waals surface area contributed by atoms with Crippen LogP contribution in [0.25, 0.3) is 0 Å². The lowest BCUT2D eigenvalue weighted by Gasteiger charge is -1.99. The molecule has 1 amide bonds. The first-order chi connectivity index (χ1) is 6.74. The molecular weight excluding hydrogens is 178 g/mol. The van der Waals surface area contributed by atoms with Gasteiger partial charge in [0.25, 0.3) is 5.91 Å². The Morgan fingerprint density at radius 1 is 1.64 bits per heavy atom. The molecule has 1 aromatic heterocycles. The van der Waals surface area contributed by atoms with Gasteiger partial charge >= 0.3 is 0 Å². The number of amides is 1. The fourth-order valence-electron chi connectivity index (χ4n) is 0.787. The van der Waals surface area contributed by atoms with Crippen molar-refractivity contribution in [2.75, 3.05) is 0 Å². The van der Waals surface area contributed by atoms with E-state index in [2.05, 4.69) is 15.5 Å². The molecule has 1 heterocycles. The van der Waals surface area contributed by atoms with E-state index in [-0.39, 0.29) is 5.91 Å². The third-order valence-corrected chi connectivity index (χ3v) is 1.78. The molecule has 0 aromatic carbocycles. The van der Waals surface area contributed by atoms with Crippen LogP contribution in [0.2, 0.25) is 0 Å². The molecule has 4 nitrogen and oxygen atoms in total. The van der Waals surface area contributed by atoms with Gasteiger partial charge in [-0.1, -0.05) is 6.92 Å². The van der Waals surface area contributed by atoms with Gasteiger partial charge in [0.1, 0.15) is 0 Å². The summed E-state index contributed by atoms with van der Waals surface area (Å²) < 4.78 is 0. The normalized spacial score (nSPS) is 11.1. The number of carbonyl (C=O) groups excluding carboxylic acids is 1. The number of carbonyl (C=O) groups is 1. The molecule has 4 heteroatoms. The van der Waals surface area contributed by atoms with E-state index in [0.717, 1.165) is 12.1 Å². The van der Waals surface area contributed by atoms with Crippen molar-refractivity contribution in [1.29, 1.82) is 0 Å². The maximum Gasteiger partial charge on any atom is 0.272 e. The summed E-state index contributed by atoms with van der Waals surface area (Å²) >= 11 is 0. The highest BCUT2D eigenvalue weighted by atomic mass is 16.2. The monoisotopic (exact) mass is 191 g/mol. The van der Waals surface area contributed by atoms with Gasteiger partial charge in [-0.2, -0.15) is 5.10 Å². The molecule has 1 aromatic rings. The minimum atomic E-state index is -0.231. The fraction of sp³-hybridized carbons (Fsp3) is 0.300. The first kappa shape index (κ1) is 10.4. The third kappa shape index (κ3) is 2.97. The molecule has 0 aliphatic heterocycles. The molecule has 1 rings (SSSR count). The number of rotatable bonds is 3. The highest BCUT2D eigenvalue weighted by molar-refractivity contribution is 5.94. The predicted molar refractivity (Wildman–Crippen MR) is 55.1 cm³/mol. The summed E-state index contributed by atoms with van der Waals surface area (Å²) in [5.41, 5.74) is 3.86. The van der Waals surface area contributed by atoms with Crippen molar-refractivity contribution in [1.82, 2.24) is 10.4 Å². The van der Waals surface area contributed by atoms with Gasteiger partial charge in [0, 0.05) is 18.1 Å². The molecule has 0 saturated heterocycles. The number of pyridine rings is 1.